The second kappa shape index (κ2) is 6.52. The maximum atomic E-state index is 11.3. The Morgan fingerprint density at radius 1 is 1.14 bits per heavy atom. The average molecular weight is 392 g/mol. The first kappa shape index (κ1) is 19.5. The highest BCUT2D eigenvalue weighted by Gasteiger charge is 2.62. The van der Waals surface area contributed by atoms with Crippen molar-refractivity contribution < 1.29 is 19.7 Å². The Kier molecular flexibility index (Phi) is 4.54. The third-order valence-electron chi connectivity index (χ3n) is 9.43. The Morgan fingerprint density at radius 3 is 2.61 bits per heavy atom. The summed E-state index contributed by atoms with van der Waals surface area (Å²) in [5.41, 5.74) is 1.62. The maximum Gasteiger partial charge on any atom is 0.172 e. The van der Waals surface area contributed by atoms with E-state index in [0.29, 0.717) is 37.0 Å². The second-order valence-electron chi connectivity index (χ2n) is 10.6. The van der Waals surface area contributed by atoms with E-state index in [9.17, 15) is 10.2 Å². The number of likely N-dealkylation sites (tertiary alicyclic amines) is 1. The fourth-order valence-electron chi connectivity index (χ4n) is 8.01. The number of aliphatic hydroxyl groups excluding tert-OH is 2. The summed E-state index contributed by atoms with van der Waals surface area (Å²) in [6.07, 6.45) is 8.13. The van der Waals surface area contributed by atoms with E-state index in [1.54, 1.807) is 0 Å². The number of fused-ring (bicyclic) bond motifs is 5. The SMILES string of the molecule is CC1CC2C3C(O)C=C4CC5(CCC4(C)C3CCC2(C)N1CCO)OCCO5. The molecule has 158 valence electrons. The topological polar surface area (TPSA) is 62.2 Å². The summed E-state index contributed by atoms with van der Waals surface area (Å²) in [4.78, 5) is 2.53. The lowest BCUT2D eigenvalue weighted by Crippen LogP contribution is -2.60. The minimum absolute atomic E-state index is 0.0968. The Hall–Kier alpha value is -0.460. The molecule has 0 aromatic rings. The first-order chi connectivity index (χ1) is 13.3. The van der Waals surface area contributed by atoms with Crippen LogP contribution in [-0.2, 0) is 9.47 Å². The van der Waals surface area contributed by atoms with Crippen molar-refractivity contribution in [3.63, 3.8) is 0 Å². The summed E-state index contributed by atoms with van der Waals surface area (Å²) in [5, 5.41) is 20.9. The maximum absolute atomic E-state index is 11.3. The summed E-state index contributed by atoms with van der Waals surface area (Å²) < 4.78 is 12.0. The van der Waals surface area contributed by atoms with Gasteiger partial charge < -0.3 is 19.7 Å². The molecule has 2 saturated carbocycles. The van der Waals surface area contributed by atoms with Gasteiger partial charge in [-0.3, -0.25) is 4.90 Å². The monoisotopic (exact) mass is 391 g/mol. The van der Waals surface area contributed by atoms with Gasteiger partial charge in [-0.2, -0.15) is 0 Å². The van der Waals surface area contributed by atoms with Crippen LogP contribution in [-0.4, -0.2) is 65.0 Å². The summed E-state index contributed by atoms with van der Waals surface area (Å²) in [7, 11) is 0. The molecule has 0 amide bonds. The summed E-state index contributed by atoms with van der Waals surface area (Å²) in [6, 6.07) is 0.473. The van der Waals surface area contributed by atoms with Crippen molar-refractivity contribution in [3.8, 4) is 0 Å². The fourth-order valence-corrected chi connectivity index (χ4v) is 8.01. The highest BCUT2D eigenvalue weighted by Crippen LogP contribution is 2.64. The zero-order chi connectivity index (χ0) is 19.7. The minimum atomic E-state index is -0.430. The molecular weight excluding hydrogens is 354 g/mol. The van der Waals surface area contributed by atoms with Crippen LogP contribution in [0.3, 0.4) is 0 Å². The first-order valence-corrected chi connectivity index (χ1v) is 11.4. The molecule has 0 bridgehead atoms. The van der Waals surface area contributed by atoms with Crippen molar-refractivity contribution >= 4 is 0 Å². The molecular formula is C23H37NO4. The van der Waals surface area contributed by atoms with Crippen LogP contribution in [0.15, 0.2) is 11.6 Å². The van der Waals surface area contributed by atoms with Gasteiger partial charge in [0.1, 0.15) is 0 Å². The standard InChI is InChI=1S/C23H37NO4/c1-15-12-18-20-17(4-5-22(18,3)24(15)8-9-25)21(2)6-7-23(27-10-11-28-23)14-16(21)13-19(20)26/h13,15,17-20,25-26H,4-12,14H2,1-3H3. The quantitative estimate of drug-likeness (QED) is 0.709. The molecule has 5 aliphatic rings. The van der Waals surface area contributed by atoms with Gasteiger partial charge in [0.2, 0.25) is 0 Å². The molecule has 7 unspecified atom stereocenters. The van der Waals surface area contributed by atoms with Crippen molar-refractivity contribution in [2.24, 2.45) is 23.2 Å². The van der Waals surface area contributed by atoms with Crippen LogP contribution in [0.25, 0.3) is 0 Å². The highest BCUT2D eigenvalue weighted by atomic mass is 16.7. The van der Waals surface area contributed by atoms with Gasteiger partial charge in [-0.25, -0.2) is 0 Å². The summed E-state index contributed by atoms with van der Waals surface area (Å²) >= 11 is 0. The fraction of sp³-hybridized carbons (Fsp3) is 0.913. The zero-order valence-corrected chi connectivity index (χ0v) is 17.7. The lowest BCUT2D eigenvalue weighted by Gasteiger charge is -2.60. The van der Waals surface area contributed by atoms with Gasteiger partial charge in [0.15, 0.2) is 5.79 Å². The Balaban J connectivity index is 1.48. The number of nitrogens with zero attached hydrogens (tertiary/aromatic N) is 1. The molecule has 2 heterocycles. The molecule has 3 aliphatic carbocycles. The van der Waals surface area contributed by atoms with Gasteiger partial charge in [0, 0.05) is 31.0 Å². The van der Waals surface area contributed by atoms with Gasteiger partial charge in [-0.05, 0) is 62.7 Å². The van der Waals surface area contributed by atoms with Gasteiger partial charge >= 0.3 is 0 Å². The van der Waals surface area contributed by atoms with Crippen molar-refractivity contribution in [1.29, 1.82) is 0 Å². The van der Waals surface area contributed by atoms with E-state index in [1.807, 2.05) is 0 Å². The molecule has 0 aromatic carbocycles. The van der Waals surface area contributed by atoms with E-state index in [2.05, 4.69) is 31.7 Å². The normalized spacial score (nSPS) is 50.2. The van der Waals surface area contributed by atoms with Crippen molar-refractivity contribution in [2.75, 3.05) is 26.4 Å². The Labute approximate surface area is 169 Å². The highest BCUT2D eigenvalue weighted by molar-refractivity contribution is 5.29. The lowest BCUT2D eigenvalue weighted by atomic mass is 9.48. The summed E-state index contributed by atoms with van der Waals surface area (Å²) in [6.45, 7) is 9.47. The predicted molar refractivity (Wildman–Crippen MR) is 107 cm³/mol. The second-order valence-corrected chi connectivity index (χ2v) is 10.6. The summed E-state index contributed by atoms with van der Waals surface area (Å²) in [5.74, 6) is 0.909. The van der Waals surface area contributed by atoms with Crippen molar-refractivity contribution in [1.82, 2.24) is 4.90 Å². The lowest BCUT2D eigenvalue weighted by molar-refractivity contribution is -0.188. The van der Waals surface area contributed by atoms with Crippen LogP contribution in [0.1, 0.15) is 59.3 Å². The van der Waals surface area contributed by atoms with Crippen LogP contribution >= 0.6 is 0 Å². The molecule has 2 aliphatic heterocycles. The molecule has 0 radical (unpaired) electrons. The molecule has 4 fully saturated rings. The molecule has 7 atom stereocenters. The van der Waals surface area contributed by atoms with Crippen LogP contribution in [0.5, 0.6) is 0 Å². The van der Waals surface area contributed by atoms with Crippen LogP contribution in [0, 0.1) is 23.2 Å². The third kappa shape index (κ3) is 2.56. The predicted octanol–water partition coefficient (Wildman–Crippen LogP) is 2.71. The third-order valence-corrected chi connectivity index (χ3v) is 9.43. The van der Waals surface area contributed by atoms with Crippen LogP contribution in [0.2, 0.25) is 0 Å². The molecule has 2 N–H and O–H groups in total. The van der Waals surface area contributed by atoms with Gasteiger partial charge in [0.05, 0.1) is 25.9 Å². The van der Waals surface area contributed by atoms with Crippen LogP contribution in [0.4, 0.5) is 0 Å². The molecule has 5 heteroatoms. The van der Waals surface area contributed by atoms with E-state index in [1.165, 1.54) is 5.57 Å². The Morgan fingerprint density at radius 2 is 1.89 bits per heavy atom. The first-order valence-electron chi connectivity index (χ1n) is 11.4. The number of hydrogen-bond donors (Lipinski definition) is 2. The van der Waals surface area contributed by atoms with Gasteiger partial charge in [-0.1, -0.05) is 18.6 Å². The molecule has 5 rings (SSSR count). The minimum Gasteiger partial charge on any atom is -0.395 e. The van der Waals surface area contributed by atoms with Crippen molar-refractivity contribution in [2.45, 2.75) is 82.8 Å². The average Bonchev–Trinajstić information content (AvgIpc) is 3.21. The molecule has 2 saturated heterocycles. The molecule has 5 nitrogen and oxygen atoms in total. The molecule has 0 aromatic heterocycles. The largest absolute Gasteiger partial charge is 0.395 e. The number of rotatable bonds is 2. The van der Waals surface area contributed by atoms with Gasteiger partial charge in [-0.15, -0.1) is 0 Å². The number of β-amino-alcohol motifs (C(OH)–C–C–N with tert-alkyl or cyclic N) is 1. The van der Waals surface area contributed by atoms with E-state index in [-0.39, 0.29) is 23.7 Å². The smallest absolute Gasteiger partial charge is 0.172 e. The van der Waals surface area contributed by atoms with E-state index in [0.717, 1.165) is 45.1 Å². The number of aliphatic hydroxyl groups is 2. The number of hydrogen-bond acceptors (Lipinski definition) is 5. The van der Waals surface area contributed by atoms with Gasteiger partial charge in [0.25, 0.3) is 0 Å². The van der Waals surface area contributed by atoms with Crippen LogP contribution < -0.4 is 0 Å². The zero-order valence-electron chi connectivity index (χ0n) is 17.7. The van der Waals surface area contributed by atoms with Crippen molar-refractivity contribution in [3.05, 3.63) is 11.6 Å². The number of ether oxygens (including phenoxy) is 2. The molecule has 28 heavy (non-hydrogen) atoms. The van der Waals surface area contributed by atoms with E-state index < -0.39 is 5.79 Å². The van der Waals surface area contributed by atoms with E-state index in [4.69, 9.17) is 9.47 Å². The van der Waals surface area contributed by atoms with E-state index >= 15 is 0 Å². The Bertz CT molecular complexity index is 659. The molecule has 1 spiro atoms.